The van der Waals surface area contributed by atoms with Crippen LogP contribution in [0.1, 0.15) is 0 Å². The van der Waals surface area contributed by atoms with Crippen molar-refractivity contribution in [2.24, 2.45) is 0 Å². The Morgan fingerprint density at radius 1 is 0.377 bits per heavy atom. The minimum atomic E-state index is 0. The molecule has 6 heterocycles. The number of hydrogen-bond donors (Lipinski definition) is 4. The molecule has 6 rings (SSSR count). The number of nitrogens with zero attached hydrogens (tertiary/aromatic N) is 8. The van der Waals surface area contributed by atoms with Gasteiger partial charge in [0.25, 0.3) is 0 Å². The summed E-state index contributed by atoms with van der Waals surface area (Å²) in [5.41, 5.74) is 7.64. The van der Waals surface area contributed by atoms with Crippen molar-refractivity contribution in [3.05, 3.63) is 122 Å². The molecule has 0 spiro atoms. The monoisotopic (exact) mass is 797 g/mol. The van der Waals surface area contributed by atoms with Crippen LogP contribution >= 0.6 is 0 Å². The molecule has 0 atom stereocenters. The van der Waals surface area contributed by atoms with Crippen molar-refractivity contribution in [2.45, 2.75) is 0 Å². The maximum Gasteiger partial charge on any atom is 2.00 e. The summed E-state index contributed by atoms with van der Waals surface area (Å²) in [6.45, 7) is 1.70. The number of aromatic nitrogens is 6. The number of halogens is 2. The molecule has 0 aromatic carbocycles. The maximum atomic E-state index is 9.33. The van der Waals surface area contributed by atoms with Crippen molar-refractivity contribution < 1.29 is 62.3 Å². The topological polar surface area (TPSA) is 165 Å². The Hall–Kier alpha value is -4.56. The van der Waals surface area contributed by atoms with Crippen LogP contribution in [0.5, 0.6) is 0 Å². The average Bonchev–Trinajstić information content (AvgIpc) is 3.19. The predicted molar refractivity (Wildman–Crippen MR) is 194 cm³/mol. The molecule has 6 aromatic heterocycles. The van der Waals surface area contributed by atoms with E-state index in [0.29, 0.717) is 26.2 Å². The quantitative estimate of drug-likeness (QED) is 0.0899. The van der Waals surface area contributed by atoms with Gasteiger partial charge in [0, 0.05) is 62.3 Å². The Morgan fingerprint density at radius 3 is 0.811 bits per heavy atom. The van der Waals surface area contributed by atoms with Crippen molar-refractivity contribution >= 4 is 11.4 Å². The van der Waals surface area contributed by atoms with Crippen molar-refractivity contribution in [1.29, 1.82) is 0 Å². The number of aliphatic hydroxyl groups is 4. The summed E-state index contributed by atoms with van der Waals surface area (Å²) < 4.78 is 0. The molecule has 0 aliphatic rings. The Morgan fingerprint density at radius 2 is 0.623 bits per heavy atom. The van der Waals surface area contributed by atoms with Crippen LogP contribution < -0.4 is 34.6 Å². The van der Waals surface area contributed by atoms with E-state index in [2.05, 4.69) is 19.9 Å². The summed E-state index contributed by atoms with van der Waals surface area (Å²) in [5, 5.41) is 37.3. The van der Waals surface area contributed by atoms with Crippen LogP contribution in [0.15, 0.2) is 122 Å². The van der Waals surface area contributed by atoms with Crippen LogP contribution in [-0.2, 0) is 17.1 Å². The predicted octanol–water partition coefficient (Wildman–Crippen LogP) is -2.00. The fourth-order valence-electron chi connectivity index (χ4n) is 5.20. The second kappa shape index (κ2) is 23.9. The van der Waals surface area contributed by atoms with Gasteiger partial charge in [-0.2, -0.15) is 0 Å². The molecule has 0 fully saturated rings. The van der Waals surface area contributed by atoms with E-state index in [0.717, 1.165) is 56.9 Å². The van der Waals surface area contributed by atoms with Gasteiger partial charge in [-0.05, 0) is 72.8 Å². The van der Waals surface area contributed by atoms with Crippen molar-refractivity contribution in [1.82, 2.24) is 29.9 Å². The van der Waals surface area contributed by atoms with Gasteiger partial charge in [-0.25, -0.2) is 9.97 Å². The van der Waals surface area contributed by atoms with Gasteiger partial charge >= 0.3 is 17.1 Å². The minimum Gasteiger partial charge on any atom is -1.00 e. The van der Waals surface area contributed by atoms with E-state index >= 15 is 0 Å². The SMILES string of the molecule is OCCN(CCO)c1cc(-c2ccccn2)nc(-c2ccccn2)c1.OCCN(CCO)c1cc(-c2ccccn2)nc(-c2ccccn2)c1.[Cl-].[Cl-].[Mn+2]. The molecule has 0 saturated heterocycles. The van der Waals surface area contributed by atoms with Crippen molar-refractivity contribution in [2.75, 3.05) is 62.4 Å². The molecule has 53 heavy (non-hydrogen) atoms. The van der Waals surface area contributed by atoms with Gasteiger partial charge in [0.05, 0.1) is 72.0 Å². The molecule has 12 nitrogen and oxygen atoms in total. The summed E-state index contributed by atoms with van der Waals surface area (Å²) in [4.78, 5) is 30.7. The van der Waals surface area contributed by atoms with Crippen LogP contribution in [0.2, 0.25) is 0 Å². The largest absolute Gasteiger partial charge is 2.00 e. The van der Waals surface area contributed by atoms with Crippen LogP contribution in [0.4, 0.5) is 11.4 Å². The van der Waals surface area contributed by atoms with Gasteiger partial charge in [-0.15, -0.1) is 0 Å². The van der Waals surface area contributed by atoms with Gasteiger partial charge in [-0.3, -0.25) is 19.9 Å². The molecule has 0 aliphatic heterocycles. The Kier molecular flexibility index (Phi) is 20.1. The van der Waals surface area contributed by atoms with Gasteiger partial charge in [0.2, 0.25) is 0 Å². The normalized spacial score (nSPS) is 10.0. The molecule has 15 heteroatoms. The average molecular weight is 799 g/mol. The zero-order chi connectivity index (χ0) is 35.0. The number of aliphatic hydroxyl groups excluding tert-OH is 4. The Bertz CT molecular complexity index is 1620. The second-order valence-corrected chi connectivity index (χ2v) is 10.9. The first-order valence-corrected chi connectivity index (χ1v) is 16.3. The van der Waals surface area contributed by atoms with E-state index in [1.807, 2.05) is 107 Å². The maximum absolute atomic E-state index is 9.33. The third-order valence-corrected chi connectivity index (χ3v) is 7.54. The fraction of sp³-hybridized carbons (Fsp3) is 0.211. The smallest absolute Gasteiger partial charge is 1.00 e. The molecule has 0 unspecified atom stereocenters. The van der Waals surface area contributed by atoms with Gasteiger partial charge in [0.15, 0.2) is 0 Å². The Balaban J connectivity index is 0.000000347. The zero-order valence-electron chi connectivity index (χ0n) is 28.7. The third-order valence-electron chi connectivity index (χ3n) is 7.54. The molecule has 1 radical (unpaired) electrons. The molecule has 6 aromatic rings. The van der Waals surface area contributed by atoms with Crippen LogP contribution in [-0.4, -0.2) is 103 Å². The third kappa shape index (κ3) is 12.8. The van der Waals surface area contributed by atoms with E-state index in [-0.39, 0.29) is 68.3 Å². The van der Waals surface area contributed by atoms with Crippen LogP contribution in [0.25, 0.3) is 45.6 Å². The standard InChI is InChI=1S/2C19H20N4O2.2ClH.Mn/c2*24-11-9-23(10-12-25)15-13-18(16-5-1-3-7-20-16)22-19(14-15)17-6-2-4-8-21-17;;;/h2*1-8,13-14,24-25H,9-12H2;2*1H;/q;;;;+2/p-2. The summed E-state index contributed by atoms with van der Waals surface area (Å²) in [7, 11) is 0. The summed E-state index contributed by atoms with van der Waals surface area (Å²) in [6.07, 6.45) is 6.90. The molecule has 0 saturated carbocycles. The first-order valence-electron chi connectivity index (χ1n) is 16.3. The molecule has 0 amide bonds. The van der Waals surface area contributed by atoms with Gasteiger partial charge in [0.1, 0.15) is 0 Å². The summed E-state index contributed by atoms with van der Waals surface area (Å²) in [5.74, 6) is 0. The minimum absolute atomic E-state index is 0. The molecule has 0 aliphatic carbocycles. The zero-order valence-corrected chi connectivity index (χ0v) is 31.4. The van der Waals surface area contributed by atoms with Crippen LogP contribution in [0.3, 0.4) is 0 Å². The summed E-state index contributed by atoms with van der Waals surface area (Å²) in [6, 6.07) is 30.3. The van der Waals surface area contributed by atoms with E-state index in [4.69, 9.17) is 9.97 Å². The van der Waals surface area contributed by atoms with Gasteiger partial charge in [-0.1, -0.05) is 24.3 Å². The summed E-state index contributed by atoms with van der Waals surface area (Å²) >= 11 is 0. The first kappa shape index (κ1) is 44.6. The fourth-order valence-corrected chi connectivity index (χ4v) is 5.20. The molecular formula is C38H40Cl2MnN8O4. The molecular weight excluding hydrogens is 758 g/mol. The number of anilines is 2. The van der Waals surface area contributed by atoms with E-state index in [1.165, 1.54) is 0 Å². The number of pyridine rings is 6. The van der Waals surface area contributed by atoms with E-state index in [1.54, 1.807) is 24.8 Å². The van der Waals surface area contributed by atoms with Crippen molar-refractivity contribution in [3.8, 4) is 45.6 Å². The number of hydrogen-bond acceptors (Lipinski definition) is 12. The van der Waals surface area contributed by atoms with Gasteiger partial charge < -0.3 is 55.0 Å². The van der Waals surface area contributed by atoms with E-state index < -0.39 is 0 Å². The molecule has 277 valence electrons. The number of rotatable bonds is 14. The Labute approximate surface area is 332 Å². The van der Waals surface area contributed by atoms with Crippen LogP contribution in [0, 0.1) is 0 Å². The van der Waals surface area contributed by atoms with Crippen molar-refractivity contribution in [3.63, 3.8) is 0 Å². The molecule has 4 N–H and O–H groups in total. The van der Waals surface area contributed by atoms with E-state index in [9.17, 15) is 20.4 Å². The second-order valence-electron chi connectivity index (χ2n) is 10.9. The first-order chi connectivity index (χ1) is 24.6. The molecule has 0 bridgehead atoms.